The Morgan fingerprint density at radius 3 is 2.50 bits per heavy atom. The number of pyridine rings is 2. The summed E-state index contributed by atoms with van der Waals surface area (Å²) in [6, 6.07) is 8.68. The summed E-state index contributed by atoms with van der Waals surface area (Å²) < 4.78 is 39.7. The summed E-state index contributed by atoms with van der Waals surface area (Å²) in [6.45, 7) is 1.67. The van der Waals surface area contributed by atoms with Gasteiger partial charge in [0.2, 0.25) is 5.95 Å². The van der Waals surface area contributed by atoms with E-state index >= 15 is 0 Å². The zero-order chi connectivity index (χ0) is 21.6. The van der Waals surface area contributed by atoms with Crippen molar-refractivity contribution in [2.45, 2.75) is 32.1 Å². The van der Waals surface area contributed by atoms with Gasteiger partial charge in [0.1, 0.15) is 11.4 Å². The van der Waals surface area contributed by atoms with Crippen molar-refractivity contribution >= 4 is 11.8 Å². The first-order chi connectivity index (χ1) is 14.4. The van der Waals surface area contributed by atoms with Gasteiger partial charge in [-0.15, -0.1) is 0 Å². The topological polar surface area (TPSA) is 95.8 Å². The van der Waals surface area contributed by atoms with Crippen LogP contribution in [0.2, 0.25) is 0 Å². The Bertz CT molecular complexity index is 947. The second-order valence-corrected chi connectivity index (χ2v) is 6.49. The van der Waals surface area contributed by atoms with E-state index in [1.165, 1.54) is 0 Å². The van der Waals surface area contributed by atoms with Gasteiger partial charge >= 0.3 is 6.18 Å². The van der Waals surface area contributed by atoms with Gasteiger partial charge in [0.25, 0.3) is 0 Å². The third-order valence-electron chi connectivity index (χ3n) is 4.36. The first-order valence-electron chi connectivity index (χ1n) is 9.32. The van der Waals surface area contributed by atoms with Crippen LogP contribution < -0.4 is 10.6 Å². The number of anilines is 2. The van der Waals surface area contributed by atoms with Gasteiger partial charge in [0.05, 0.1) is 30.6 Å². The van der Waals surface area contributed by atoms with Crippen LogP contribution in [0.15, 0.2) is 48.9 Å². The molecule has 0 amide bonds. The van der Waals surface area contributed by atoms with E-state index in [9.17, 15) is 18.3 Å². The van der Waals surface area contributed by atoms with Gasteiger partial charge in [0, 0.05) is 24.2 Å². The van der Waals surface area contributed by atoms with Gasteiger partial charge in [-0.05, 0) is 30.7 Å². The molecule has 0 aromatic carbocycles. The summed E-state index contributed by atoms with van der Waals surface area (Å²) in [7, 11) is 0. The zero-order valence-electron chi connectivity index (χ0n) is 16.2. The normalized spacial score (nSPS) is 12.4. The number of aromatic nitrogens is 4. The maximum absolute atomic E-state index is 13.2. The highest BCUT2D eigenvalue weighted by Crippen LogP contribution is 2.34. The van der Waals surface area contributed by atoms with Crippen LogP contribution in [0.1, 0.15) is 24.6 Å². The van der Waals surface area contributed by atoms with Crippen molar-refractivity contribution in [1.29, 1.82) is 0 Å². The fourth-order valence-corrected chi connectivity index (χ4v) is 2.64. The second-order valence-electron chi connectivity index (χ2n) is 6.49. The van der Waals surface area contributed by atoms with E-state index in [0.717, 1.165) is 17.5 Å². The Balaban J connectivity index is 1.73. The van der Waals surface area contributed by atoms with Crippen molar-refractivity contribution in [3.05, 3.63) is 60.2 Å². The van der Waals surface area contributed by atoms with Crippen molar-refractivity contribution in [3.8, 4) is 11.3 Å². The Morgan fingerprint density at radius 2 is 1.90 bits per heavy atom. The lowest BCUT2D eigenvalue weighted by molar-refractivity contribution is -0.137. The van der Waals surface area contributed by atoms with Crippen molar-refractivity contribution < 1.29 is 18.3 Å². The third-order valence-corrected chi connectivity index (χ3v) is 4.36. The van der Waals surface area contributed by atoms with Crippen LogP contribution in [0.4, 0.5) is 24.9 Å². The van der Waals surface area contributed by atoms with Gasteiger partial charge in [-0.2, -0.15) is 18.2 Å². The number of rotatable bonds is 8. The molecular formula is C20H21F3N6O. The van der Waals surface area contributed by atoms with E-state index in [4.69, 9.17) is 0 Å². The zero-order valence-corrected chi connectivity index (χ0v) is 16.2. The predicted molar refractivity (Wildman–Crippen MR) is 107 cm³/mol. The third kappa shape index (κ3) is 5.41. The molecule has 1 atom stereocenters. The number of aliphatic hydroxyl groups is 1. The predicted octanol–water partition coefficient (Wildman–Crippen LogP) is 3.75. The molecule has 3 heterocycles. The molecule has 0 saturated carbocycles. The van der Waals surface area contributed by atoms with E-state index in [0.29, 0.717) is 12.1 Å². The summed E-state index contributed by atoms with van der Waals surface area (Å²) >= 11 is 0. The second kappa shape index (κ2) is 9.49. The molecule has 10 heteroatoms. The van der Waals surface area contributed by atoms with Crippen LogP contribution in [-0.4, -0.2) is 37.7 Å². The highest BCUT2D eigenvalue weighted by atomic mass is 19.4. The maximum atomic E-state index is 13.2. The Hall–Kier alpha value is -3.27. The molecule has 0 radical (unpaired) electrons. The van der Waals surface area contributed by atoms with Crippen LogP contribution in [-0.2, 0) is 12.7 Å². The molecule has 3 rings (SSSR count). The van der Waals surface area contributed by atoms with Crippen LogP contribution in [0, 0.1) is 0 Å². The van der Waals surface area contributed by atoms with Crippen LogP contribution in [0.3, 0.4) is 0 Å². The van der Waals surface area contributed by atoms with Crippen LogP contribution in [0.25, 0.3) is 11.3 Å². The Kier molecular flexibility index (Phi) is 6.78. The molecule has 0 unspecified atom stereocenters. The maximum Gasteiger partial charge on any atom is 0.421 e. The number of hydrogen-bond acceptors (Lipinski definition) is 7. The summed E-state index contributed by atoms with van der Waals surface area (Å²) in [5.74, 6) is -0.353. The van der Waals surface area contributed by atoms with E-state index in [1.54, 1.807) is 25.4 Å². The number of nitrogens with one attached hydrogen (secondary N) is 2. The summed E-state index contributed by atoms with van der Waals surface area (Å²) in [6.07, 6.45) is -0.0881. The van der Waals surface area contributed by atoms with Gasteiger partial charge in [0.15, 0.2) is 0 Å². The number of halogens is 3. The molecule has 0 spiro atoms. The van der Waals surface area contributed by atoms with Crippen molar-refractivity contribution in [2.75, 3.05) is 17.2 Å². The van der Waals surface area contributed by atoms with Gasteiger partial charge in [-0.25, -0.2) is 4.98 Å². The average Bonchev–Trinajstić information content (AvgIpc) is 2.76. The highest BCUT2D eigenvalue weighted by molar-refractivity contribution is 5.57. The monoisotopic (exact) mass is 418 g/mol. The van der Waals surface area contributed by atoms with Gasteiger partial charge in [-0.1, -0.05) is 13.0 Å². The standard InChI is InChI=1S/C20H21F3N6O/c1-2-14(12-30)28-18-16(20(21,22)23)11-27-19(29-18)26-10-15-7-6-13(9-25-15)17-5-3-4-8-24-17/h3-9,11,14,30H,2,10,12H2,1H3,(H2,26,27,28,29)/t14-/m1/s1. The number of alkyl halides is 3. The molecule has 0 aliphatic rings. The molecule has 0 aliphatic heterocycles. The van der Waals surface area contributed by atoms with Crippen LogP contribution in [0.5, 0.6) is 0 Å². The lowest BCUT2D eigenvalue weighted by atomic mass is 10.2. The van der Waals surface area contributed by atoms with Gasteiger partial charge < -0.3 is 15.7 Å². The highest BCUT2D eigenvalue weighted by Gasteiger charge is 2.35. The molecule has 30 heavy (non-hydrogen) atoms. The first kappa shape index (κ1) is 21.4. The quantitative estimate of drug-likeness (QED) is 0.513. The van der Waals surface area contributed by atoms with Crippen molar-refractivity contribution in [1.82, 2.24) is 19.9 Å². The van der Waals surface area contributed by atoms with Crippen molar-refractivity contribution in [3.63, 3.8) is 0 Å². The smallest absolute Gasteiger partial charge is 0.394 e. The Labute approximate surface area is 171 Å². The average molecular weight is 418 g/mol. The first-order valence-corrected chi connectivity index (χ1v) is 9.32. The molecule has 3 N–H and O–H groups in total. The minimum atomic E-state index is -4.61. The lowest BCUT2D eigenvalue weighted by Gasteiger charge is -2.19. The number of nitrogens with zero attached hydrogens (tertiary/aromatic N) is 4. The Morgan fingerprint density at radius 1 is 1.07 bits per heavy atom. The number of aliphatic hydroxyl groups excluding tert-OH is 1. The minimum Gasteiger partial charge on any atom is -0.394 e. The van der Waals surface area contributed by atoms with E-state index < -0.39 is 17.8 Å². The molecule has 158 valence electrons. The molecular weight excluding hydrogens is 397 g/mol. The van der Waals surface area contributed by atoms with Crippen molar-refractivity contribution in [2.24, 2.45) is 0 Å². The fourth-order valence-electron chi connectivity index (χ4n) is 2.64. The minimum absolute atomic E-state index is 0.0221. The molecule has 3 aromatic rings. The number of hydrogen-bond donors (Lipinski definition) is 3. The molecule has 0 fully saturated rings. The summed E-state index contributed by atoms with van der Waals surface area (Å²) in [5, 5.41) is 14.8. The largest absolute Gasteiger partial charge is 0.421 e. The summed E-state index contributed by atoms with van der Waals surface area (Å²) in [5.41, 5.74) is 1.32. The molecule has 7 nitrogen and oxygen atoms in total. The van der Waals surface area contributed by atoms with E-state index in [1.807, 2.05) is 24.3 Å². The summed E-state index contributed by atoms with van der Waals surface area (Å²) in [4.78, 5) is 16.3. The fraction of sp³-hybridized carbons (Fsp3) is 0.300. The lowest BCUT2D eigenvalue weighted by Crippen LogP contribution is -2.26. The van der Waals surface area contributed by atoms with E-state index in [2.05, 4.69) is 30.6 Å². The van der Waals surface area contributed by atoms with Gasteiger partial charge in [-0.3, -0.25) is 9.97 Å². The molecule has 0 bridgehead atoms. The molecule has 0 aliphatic carbocycles. The SMILES string of the molecule is CC[C@H](CO)Nc1nc(NCc2ccc(-c3ccccn3)cn2)ncc1C(F)(F)F. The molecule has 3 aromatic heterocycles. The molecule has 0 saturated heterocycles. The van der Waals surface area contributed by atoms with E-state index in [-0.39, 0.29) is 24.9 Å². The van der Waals surface area contributed by atoms with Crippen LogP contribution >= 0.6 is 0 Å².